The summed E-state index contributed by atoms with van der Waals surface area (Å²) in [7, 11) is 3.54. The van der Waals surface area contributed by atoms with E-state index in [1.54, 1.807) is 43.5 Å². The molecule has 2 unspecified atom stereocenters. The highest BCUT2D eigenvalue weighted by Crippen LogP contribution is 2.65. The molecule has 2 aliphatic heterocycles. The number of rotatable bonds is 8. The number of carbonyl (C=O) groups is 3. The number of aliphatic carboxylic acids is 1. The highest BCUT2D eigenvalue weighted by molar-refractivity contribution is 5.84. The smallest absolute Gasteiger partial charge is 0.357 e. The van der Waals surface area contributed by atoms with Gasteiger partial charge in [0.15, 0.2) is 23.7 Å². The molecule has 6 atom stereocenters. The number of likely N-dealkylation sites (tertiary alicyclic amines) is 1. The summed E-state index contributed by atoms with van der Waals surface area (Å²) < 4.78 is 23.4. The lowest BCUT2D eigenvalue weighted by Gasteiger charge is -2.61. The van der Waals surface area contributed by atoms with Gasteiger partial charge in [-0.05, 0) is 44.1 Å². The van der Waals surface area contributed by atoms with Gasteiger partial charge in [-0.3, -0.25) is 4.79 Å². The molecule has 4 aliphatic rings. The van der Waals surface area contributed by atoms with Crippen LogP contribution in [0.25, 0.3) is 0 Å². The van der Waals surface area contributed by atoms with E-state index in [1.165, 1.54) is 0 Å². The first kappa shape index (κ1) is 27.3. The fourth-order valence-corrected chi connectivity index (χ4v) is 7.06. The molecular formula is C30H31NO10. The van der Waals surface area contributed by atoms with Crippen LogP contribution in [0.3, 0.4) is 0 Å². The van der Waals surface area contributed by atoms with Crippen molar-refractivity contribution in [1.82, 2.24) is 4.90 Å². The Kier molecular flexibility index (Phi) is 6.55. The number of hydrogen-bond acceptors (Lipinski definition) is 10. The average Bonchev–Trinajstić information content (AvgIpc) is 3.31. The number of hydrogen-bond donors (Lipinski definition) is 3. The van der Waals surface area contributed by atoms with Crippen LogP contribution in [0, 0.1) is 0 Å². The van der Waals surface area contributed by atoms with E-state index in [0.717, 1.165) is 11.1 Å². The Labute approximate surface area is 235 Å². The van der Waals surface area contributed by atoms with Crippen molar-refractivity contribution in [2.45, 2.75) is 61.1 Å². The Hall–Kier alpha value is -3.93. The number of nitrogens with zero attached hydrogens (tertiary/aromatic N) is 1. The van der Waals surface area contributed by atoms with Gasteiger partial charge in [0.05, 0.1) is 24.5 Å². The van der Waals surface area contributed by atoms with Crippen LogP contribution in [0.4, 0.5) is 0 Å². The zero-order valence-corrected chi connectivity index (χ0v) is 22.6. The van der Waals surface area contributed by atoms with Crippen LogP contribution in [-0.4, -0.2) is 82.7 Å². The van der Waals surface area contributed by atoms with E-state index in [9.17, 15) is 24.6 Å². The van der Waals surface area contributed by atoms with Gasteiger partial charge >= 0.3 is 17.9 Å². The molecule has 1 spiro atoms. The van der Waals surface area contributed by atoms with Gasteiger partial charge in [0.1, 0.15) is 5.76 Å². The molecular weight excluding hydrogens is 534 g/mol. The fourth-order valence-electron chi connectivity index (χ4n) is 7.06. The lowest BCUT2D eigenvalue weighted by molar-refractivity contribution is -0.177. The number of carbonyl (C=O) groups excluding carboxylic acids is 2. The molecule has 2 bridgehead atoms. The minimum absolute atomic E-state index is 0.179. The maximum Gasteiger partial charge on any atom is 0.357 e. The topological polar surface area (TPSA) is 152 Å². The van der Waals surface area contributed by atoms with Gasteiger partial charge in [-0.2, -0.15) is 0 Å². The summed E-state index contributed by atoms with van der Waals surface area (Å²) in [6.45, 7) is 0.695. The molecule has 2 aromatic carbocycles. The Bertz CT molecular complexity index is 1440. The van der Waals surface area contributed by atoms with E-state index in [2.05, 4.69) is 4.90 Å². The average molecular weight is 566 g/mol. The molecule has 0 aromatic heterocycles. The summed E-state index contributed by atoms with van der Waals surface area (Å²) in [5.74, 6) is -2.36. The van der Waals surface area contributed by atoms with E-state index in [-0.39, 0.29) is 18.2 Å². The third kappa shape index (κ3) is 4.02. The van der Waals surface area contributed by atoms with E-state index in [4.69, 9.17) is 24.1 Å². The lowest BCUT2D eigenvalue weighted by atomic mass is 9.50. The van der Waals surface area contributed by atoms with E-state index in [0.29, 0.717) is 36.4 Å². The van der Waals surface area contributed by atoms with Crippen LogP contribution in [-0.2, 0) is 35.7 Å². The van der Waals surface area contributed by atoms with Gasteiger partial charge in [-0.15, -0.1) is 0 Å². The molecule has 0 saturated carbocycles. The van der Waals surface area contributed by atoms with Gasteiger partial charge in [-0.1, -0.05) is 36.4 Å². The molecule has 3 N–H and O–H groups in total. The first-order valence-electron chi connectivity index (χ1n) is 13.5. The van der Waals surface area contributed by atoms with Crippen molar-refractivity contribution in [3.8, 4) is 11.5 Å². The maximum atomic E-state index is 13.6. The van der Waals surface area contributed by atoms with Crippen LogP contribution >= 0.6 is 0 Å². The largest absolute Gasteiger partial charge is 0.493 e. The Balaban J connectivity index is 1.35. The minimum Gasteiger partial charge on any atom is -0.493 e. The Morgan fingerprint density at radius 3 is 2.63 bits per heavy atom. The van der Waals surface area contributed by atoms with E-state index in [1.807, 2.05) is 19.2 Å². The molecule has 11 nitrogen and oxygen atoms in total. The highest BCUT2D eigenvalue weighted by Gasteiger charge is 2.72. The van der Waals surface area contributed by atoms with Gasteiger partial charge in [0.25, 0.3) is 0 Å². The molecule has 2 heterocycles. The van der Waals surface area contributed by atoms with Crippen molar-refractivity contribution in [2.75, 3.05) is 20.7 Å². The number of aliphatic hydroxyl groups is 2. The molecule has 1 fully saturated rings. The van der Waals surface area contributed by atoms with Crippen molar-refractivity contribution >= 4 is 17.9 Å². The van der Waals surface area contributed by atoms with Crippen LogP contribution in [0.5, 0.6) is 11.5 Å². The minimum atomic E-state index is -1.98. The molecule has 2 aromatic rings. The number of likely N-dealkylation sites (N-methyl/N-ethyl adjacent to an activating group) is 1. The standard InChI is InChI=1S/C30H31NO10/c1-31-13-12-29-23-17-8-9-19(38-2)25(23)41-26(29)20(10-11-30(29,37)21(31)14-17)39-28(36)24(16-6-4-3-5-7-16)40-22(33)15-18(32)27(34)35/h3-10,18,21,24,26,32,37H,11-15H2,1-2H3,(H,34,35)/t18-,21+,24-,26?,29?,30+/m0/s1. The zero-order chi connectivity index (χ0) is 29.1. The number of carboxylic acids is 1. The highest BCUT2D eigenvalue weighted by atomic mass is 16.6. The summed E-state index contributed by atoms with van der Waals surface area (Å²) in [5, 5.41) is 30.9. The maximum absolute atomic E-state index is 13.6. The first-order chi connectivity index (χ1) is 19.6. The van der Waals surface area contributed by atoms with Crippen molar-refractivity contribution in [2.24, 2.45) is 0 Å². The second kappa shape index (κ2) is 9.86. The molecule has 2 aliphatic carbocycles. The second-order valence-electron chi connectivity index (χ2n) is 11.0. The third-order valence-corrected chi connectivity index (χ3v) is 8.99. The third-order valence-electron chi connectivity index (χ3n) is 8.99. The molecule has 41 heavy (non-hydrogen) atoms. The van der Waals surface area contributed by atoms with Gasteiger partial charge in [0, 0.05) is 23.6 Å². The summed E-state index contributed by atoms with van der Waals surface area (Å²) in [5.41, 5.74) is 0.146. The number of piperidine rings is 1. The second-order valence-corrected chi connectivity index (χ2v) is 11.0. The summed E-state index contributed by atoms with van der Waals surface area (Å²) in [4.78, 5) is 39.3. The number of methoxy groups -OCH3 is 1. The van der Waals surface area contributed by atoms with E-state index < -0.39 is 53.7 Å². The first-order valence-corrected chi connectivity index (χ1v) is 13.5. The van der Waals surface area contributed by atoms with Crippen molar-refractivity contribution in [3.05, 3.63) is 71.0 Å². The number of carboxylic acid groups (broad SMARTS) is 1. The summed E-state index contributed by atoms with van der Waals surface area (Å²) in [6.07, 6.45) is -2.14. The predicted octanol–water partition coefficient (Wildman–Crippen LogP) is 1.64. The molecule has 6 rings (SSSR count). The normalized spacial score (nSPS) is 28.8. The summed E-state index contributed by atoms with van der Waals surface area (Å²) in [6, 6.07) is 11.8. The monoisotopic (exact) mass is 565 g/mol. The van der Waals surface area contributed by atoms with Gasteiger partial charge < -0.3 is 39.2 Å². The lowest BCUT2D eigenvalue weighted by Crippen LogP contribution is -2.74. The predicted molar refractivity (Wildman–Crippen MR) is 141 cm³/mol. The number of esters is 2. The number of ether oxygens (including phenoxy) is 4. The quantitative estimate of drug-likeness (QED) is 0.401. The Morgan fingerprint density at radius 1 is 1.17 bits per heavy atom. The van der Waals surface area contributed by atoms with Crippen LogP contribution < -0.4 is 9.47 Å². The van der Waals surface area contributed by atoms with Gasteiger partial charge in [0.2, 0.25) is 6.10 Å². The van der Waals surface area contributed by atoms with E-state index >= 15 is 0 Å². The molecule has 1 saturated heterocycles. The number of aliphatic hydroxyl groups excluding tert-OH is 1. The molecule has 11 heteroatoms. The Morgan fingerprint density at radius 2 is 1.93 bits per heavy atom. The van der Waals surface area contributed by atoms with Crippen LogP contribution in [0.2, 0.25) is 0 Å². The van der Waals surface area contributed by atoms with Crippen molar-refractivity contribution in [3.63, 3.8) is 0 Å². The summed E-state index contributed by atoms with van der Waals surface area (Å²) >= 11 is 0. The fraction of sp³-hybridized carbons (Fsp3) is 0.433. The van der Waals surface area contributed by atoms with Gasteiger partial charge in [-0.25, -0.2) is 9.59 Å². The van der Waals surface area contributed by atoms with Crippen LogP contribution in [0.1, 0.15) is 42.1 Å². The molecule has 0 radical (unpaired) electrons. The van der Waals surface area contributed by atoms with Crippen molar-refractivity contribution in [1.29, 1.82) is 0 Å². The van der Waals surface area contributed by atoms with Crippen molar-refractivity contribution < 1.29 is 48.7 Å². The molecule has 216 valence electrons. The van der Waals surface area contributed by atoms with Crippen LogP contribution in [0.15, 0.2) is 54.3 Å². The zero-order valence-electron chi connectivity index (χ0n) is 22.6. The number of benzene rings is 2. The molecule has 0 amide bonds. The SMILES string of the molecule is COc1ccc2c3c1OC1C(OC(=O)[C@@H](OC(=O)C[C@H](O)C(=O)O)c4ccccc4)=CC[C@@]4(O)[C@@H](C2)N(C)CCC314.